The van der Waals surface area contributed by atoms with Crippen molar-refractivity contribution >= 4 is 5.82 Å². The molecule has 0 aliphatic heterocycles. The lowest BCUT2D eigenvalue weighted by atomic mass is 10.0. The van der Waals surface area contributed by atoms with E-state index in [1.54, 1.807) is 13.3 Å². The number of aliphatic hydroxyl groups is 1. The van der Waals surface area contributed by atoms with E-state index in [2.05, 4.69) is 4.98 Å². The molecule has 19 heavy (non-hydrogen) atoms. The van der Waals surface area contributed by atoms with Crippen molar-refractivity contribution in [3.05, 3.63) is 53.2 Å². The van der Waals surface area contributed by atoms with Gasteiger partial charge < -0.3 is 15.6 Å². The van der Waals surface area contributed by atoms with E-state index in [9.17, 15) is 5.11 Å². The number of rotatable bonds is 4. The third-order valence-electron chi connectivity index (χ3n) is 3.01. The summed E-state index contributed by atoms with van der Waals surface area (Å²) in [5.74, 6) is 1.15. The number of nitrogens with zero attached hydrogens (tertiary/aromatic N) is 1. The van der Waals surface area contributed by atoms with Gasteiger partial charge in [0.15, 0.2) is 0 Å². The molecular formula is C15H18N2O2. The molecule has 1 aromatic carbocycles. The van der Waals surface area contributed by atoms with Crippen molar-refractivity contribution in [3.8, 4) is 5.75 Å². The molecule has 1 atom stereocenters. The summed E-state index contributed by atoms with van der Waals surface area (Å²) in [4.78, 5) is 4.07. The van der Waals surface area contributed by atoms with Gasteiger partial charge in [-0.2, -0.15) is 0 Å². The number of hydrogen-bond donors (Lipinski definition) is 2. The Morgan fingerprint density at radius 3 is 2.89 bits per heavy atom. The Labute approximate surface area is 112 Å². The molecule has 0 saturated heterocycles. The lowest BCUT2D eigenvalue weighted by molar-refractivity contribution is 0.178. The molecule has 0 saturated carbocycles. The van der Waals surface area contributed by atoms with Crippen LogP contribution in [0.15, 0.2) is 36.5 Å². The molecule has 0 spiro atoms. The molecule has 0 amide bonds. The Morgan fingerprint density at radius 2 is 2.16 bits per heavy atom. The average Bonchev–Trinajstić information content (AvgIpc) is 2.41. The second-order valence-electron chi connectivity index (χ2n) is 4.56. The second kappa shape index (κ2) is 5.71. The van der Waals surface area contributed by atoms with Crippen LogP contribution in [0.1, 0.15) is 22.8 Å². The van der Waals surface area contributed by atoms with Gasteiger partial charge in [-0.05, 0) is 36.2 Å². The van der Waals surface area contributed by atoms with Crippen LogP contribution >= 0.6 is 0 Å². The Kier molecular flexibility index (Phi) is 4.02. The molecule has 1 heterocycles. The summed E-state index contributed by atoms with van der Waals surface area (Å²) < 4.78 is 5.17. The smallest absolute Gasteiger partial charge is 0.129 e. The number of aliphatic hydroxyl groups excluding tert-OH is 1. The van der Waals surface area contributed by atoms with Gasteiger partial charge >= 0.3 is 0 Å². The summed E-state index contributed by atoms with van der Waals surface area (Å²) in [6, 6.07) is 9.50. The highest BCUT2D eigenvalue weighted by Crippen LogP contribution is 2.24. The van der Waals surface area contributed by atoms with E-state index >= 15 is 0 Å². The van der Waals surface area contributed by atoms with E-state index in [-0.39, 0.29) is 0 Å². The maximum atomic E-state index is 10.3. The van der Waals surface area contributed by atoms with Crippen LogP contribution in [0.2, 0.25) is 0 Å². The first-order chi connectivity index (χ1) is 9.10. The Hall–Kier alpha value is -2.07. The van der Waals surface area contributed by atoms with Crippen molar-refractivity contribution in [1.29, 1.82) is 0 Å². The SMILES string of the molecule is COc1cccc(CC(O)c2cc(C)cnc2N)c1. The first-order valence-electron chi connectivity index (χ1n) is 6.13. The number of hydrogen-bond acceptors (Lipinski definition) is 4. The number of ether oxygens (including phenoxy) is 1. The summed E-state index contributed by atoms with van der Waals surface area (Å²) in [5.41, 5.74) is 8.45. The Balaban J connectivity index is 2.20. The zero-order valence-electron chi connectivity index (χ0n) is 11.1. The number of aryl methyl sites for hydroxylation is 1. The van der Waals surface area contributed by atoms with Gasteiger partial charge in [-0.15, -0.1) is 0 Å². The van der Waals surface area contributed by atoms with Gasteiger partial charge in [-0.3, -0.25) is 0 Å². The minimum Gasteiger partial charge on any atom is -0.497 e. The molecule has 4 nitrogen and oxygen atoms in total. The van der Waals surface area contributed by atoms with Crippen LogP contribution in [0.4, 0.5) is 5.82 Å². The van der Waals surface area contributed by atoms with Crippen molar-refractivity contribution < 1.29 is 9.84 Å². The molecule has 0 radical (unpaired) electrons. The van der Waals surface area contributed by atoms with Gasteiger partial charge in [0.25, 0.3) is 0 Å². The third-order valence-corrected chi connectivity index (χ3v) is 3.01. The highest BCUT2D eigenvalue weighted by molar-refractivity contribution is 5.43. The molecule has 0 fully saturated rings. The fourth-order valence-corrected chi connectivity index (χ4v) is 2.00. The summed E-state index contributed by atoms with van der Waals surface area (Å²) in [7, 11) is 1.62. The topological polar surface area (TPSA) is 68.4 Å². The van der Waals surface area contributed by atoms with Crippen molar-refractivity contribution in [2.75, 3.05) is 12.8 Å². The van der Waals surface area contributed by atoms with Crippen molar-refractivity contribution in [2.45, 2.75) is 19.4 Å². The molecule has 0 aliphatic rings. The average molecular weight is 258 g/mol. The second-order valence-corrected chi connectivity index (χ2v) is 4.56. The van der Waals surface area contributed by atoms with Crippen LogP contribution in [-0.4, -0.2) is 17.2 Å². The predicted octanol–water partition coefficient (Wildman–Crippen LogP) is 2.26. The van der Waals surface area contributed by atoms with Crippen LogP contribution < -0.4 is 10.5 Å². The fourth-order valence-electron chi connectivity index (χ4n) is 2.00. The molecule has 1 unspecified atom stereocenters. The van der Waals surface area contributed by atoms with Gasteiger partial charge in [-0.25, -0.2) is 4.98 Å². The van der Waals surface area contributed by atoms with Crippen LogP contribution in [0.3, 0.4) is 0 Å². The van der Waals surface area contributed by atoms with E-state index in [0.29, 0.717) is 17.8 Å². The lowest BCUT2D eigenvalue weighted by Gasteiger charge is -2.14. The van der Waals surface area contributed by atoms with Gasteiger partial charge in [0.1, 0.15) is 11.6 Å². The Morgan fingerprint density at radius 1 is 1.37 bits per heavy atom. The number of anilines is 1. The highest BCUT2D eigenvalue weighted by atomic mass is 16.5. The molecule has 100 valence electrons. The molecule has 2 rings (SSSR count). The molecule has 0 bridgehead atoms. The van der Waals surface area contributed by atoms with Crippen molar-refractivity contribution in [2.24, 2.45) is 0 Å². The molecular weight excluding hydrogens is 240 g/mol. The quantitative estimate of drug-likeness (QED) is 0.882. The van der Waals surface area contributed by atoms with Crippen LogP contribution in [0, 0.1) is 6.92 Å². The van der Waals surface area contributed by atoms with Crippen LogP contribution in [-0.2, 0) is 6.42 Å². The first-order valence-corrected chi connectivity index (χ1v) is 6.13. The number of nitrogens with two attached hydrogens (primary N) is 1. The largest absolute Gasteiger partial charge is 0.497 e. The zero-order chi connectivity index (χ0) is 13.8. The standard InChI is InChI=1S/C15H18N2O2/c1-10-6-13(15(16)17-9-10)14(18)8-11-4-3-5-12(7-11)19-2/h3-7,9,14,18H,8H2,1-2H3,(H2,16,17). The van der Waals surface area contributed by atoms with Crippen LogP contribution in [0.5, 0.6) is 5.75 Å². The third kappa shape index (κ3) is 3.23. The summed E-state index contributed by atoms with van der Waals surface area (Å²) >= 11 is 0. The van der Waals surface area contributed by atoms with Gasteiger partial charge in [0.05, 0.1) is 13.2 Å². The molecule has 1 aromatic heterocycles. The van der Waals surface area contributed by atoms with E-state index in [4.69, 9.17) is 10.5 Å². The maximum absolute atomic E-state index is 10.3. The molecule has 4 heteroatoms. The maximum Gasteiger partial charge on any atom is 0.129 e. The van der Waals surface area contributed by atoms with Gasteiger partial charge in [0, 0.05) is 18.2 Å². The first kappa shape index (κ1) is 13.4. The number of aromatic nitrogens is 1. The Bertz CT molecular complexity index is 570. The number of pyridine rings is 1. The molecule has 2 aromatic rings. The number of nitrogen functional groups attached to an aromatic ring is 1. The lowest BCUT2D eigenvalue weighted by Crippen LogP contribution is -2.07. The summed E-state index contributed by atoms with van der Waals surface area (Å²) in [5, 5.41) is 10.3. The minimum atomic E-state index is -0.667. The zero-order valence-corrected chi connectivity index (χ0v) is 11.1. The van der Waals surface area contributed by atoms with Crippen molar-refractivity contribution in [3.63, 3.8) is 0 Å². The highest BCUT2D eigenvalue weighted by Gasteiger charge is 2.13. The molecule has 0 aliphatic carbocycles. The van der Waals surface area contributed by atoms with E-state index in [1.807, 2.05) is 37.3 Å². The predicted molar refractivity (Wildman–Crippen MR) is 75.0 cm³/mol. The number of methoxy groups -OCH3 is 1. The van der Waals surface area contributed by atoms with Crippen molar-refractivity contribution in [1.82, 2.24) is 4.98 Å². The normalized spacial score (nSPS) is 12.2. The summed E-state index contributed by atoms with van der Waals surface area (Å²) in [6.07, 6.45) is 1.50. The van der Waals surface area contributed by atoms with E-state index in [1.165, 1.54) is 0 Å². The van der Waals surface area contributed by atoms with E-state index < -0.39 is 6.10 Å². The fraction of sp³-hybridized carbons (Fsp3) is 0.267. The summed E-state index contributed by atoms with van der Waals surface area (Å²) in [6.45, 7) is 1.92. The molecule has 3 N–H and O–H groups in total. The van der Waals surface area contributed by atoms with Gasteiger partial charge in [-0.1, -0.05) is 12.1 Å². The van der Waals surface area contributed by atoms with E-state index in [0.717, 1.165) is 16.9 Å². The number of benzene rings is 1. The monoisotopic (exact) mass is 258 g/mol. The minimum absolute atomic E-state index is 0.376. The van der Waals surface area contributed by atoms with Gasteiger partial charge in [0.2, 0.25) is 0 Å². The van der Waals surface area contributed by atoms with Crippen LogP contribution in [0.25, 0.3) is 0 Å².